The highest BCUT2D eigenvalue weighted by atomic mass is 15.3. The molecule has 3 nitrogen and oxygen atoms in total. The van der Waals surface area contributed by atoms with E-state index in [1.807, 2.05) is 48.0 Å². The molecule has 0 aliphatic carbocycles. The van der Waals surface area contributed by atoms with Gasteiger partial charge in [0.15, 0.2) is 0 Å². The lowest BCUT2D eigenvalue weighted by molar-refractivity contribution is 0.710. The number of aromatic nitrogens is 2. The third-order valence-corrected chi connectivity index (χ3v) is 2.14. The molecule has 1 aromatic heterocycles. The minimum Gasteiger partial charge on any atom is -0.323 e. The number of rotatable bonds is 2. The highest BCUT2D eigenvalue weighted by Crippen LogP contribution is 2.14. The largest absolute Gasteiger partial charge is 0.323 e. The Labute approximate surface area is 83.2 Å². The van der Waals surface area contributed by atoms with E-state index in [1.54, 1.807) is 6.20 Å². The van der Waals surface area contributed by atoms with Crippen LogP contribution in [0.25, 0.3) is 5.69 Å². The van der Waals surface area contributed by atoms with Crippen molar-refractivity contribution in [2.45, 2.75) is 13.0 Å². The molecule has 3 heteroatoms. The van der Waals surface area contributed by atoms with Gasteiger partial charge in [0.25, 0.3) is 0 Å². The molecule has 0 spiro atoms. The fourth-order valence-electron chi connectivity index (χ4n) is 1.44. The fraction of sp³-hybridized carbons (Fsp3) is 0.182. The maximum atomic E-state index is 5.84. The summed E-state index contributed by atoms with van der Waals surface area (Å²) in [7, 11) is 0. The van der Waals surface area contributed by atoms with E-state index in [1.165, 1.54) is 0 Å². The maximum absolute atomic E-state index is 5.84. The number of hydrogen-bond donors (Lipinski definition) is 1. The second-order valence-corrected chi connectivity index (χ2v) is 3.29. The van der Waals surface area contributed by atoms with E-state index in [-0.39, 0.29) is 6.04 Å². The Morgan fingerprint density at radius 1 is 1.21 bits per heavy atom. The summed E-state index contributed by atoms with van der Waals surface area (Å²) in [6, 6.07) is 11.9. The first-order chi connectivity index (χ1) is 6.79. The fourth-order valence-corrected chi connectivity index (χ4v) is 1.44. The van der Waals surface area contributed by atoms with Crippen molar-refractivity contribution in [2.24, 2.45) is 5.73 Å². The van der Waals surface area contributed by atoms with Gasteiger partial charge in [-0.1, -0.05) is 18.2 Å². The van der Waals surface area contributed by atoms with Crippen LogP contribution in [0.5, 0.6) is 0 Å². The van der Waals surface area contributed by atoms with Gasteiger partial charge in [-0.05, 0) is 25.1 Å². The lowest BCUT2D eigenvalue weighted by atomic mass is 10.2. The van der Waals surface area contributed by atoms with Crippen LogP contribution < -0.4 is 5.73 Å². The Morgan fingerprint density at radius 2 is 1.93 bits per heavy atom. The smallest absolute Gasteiger partial charge is 0.0649 e. The predicted molar refractivity (Wildman–Crippen MR) is 56.2 cm³/mol. The van der Waals surface area contributed by atoms with Gasteiger partial charge < -0.3 is 5.73 Å². The second kappa shape index (κ2) is 3.64. The summed E-state index contributed by atoms with van der Waals surface area (Å²) in [6.07, 6.45) is 1.77. The van der Waals surface area contributed by atoms with Crippen molar-refractivity contribution in [1.82, 2.24) is 9.78 Å². The molecule has 0 saturated heterocycles. The number of nitrogens with two attached hydrogens (primary N) is 1. The topological polar surface area (TPSA) is 43.8 Å². The van der Waals surface area contributed by atoms with Crippen LogP contribution in [-0.4, -0.2) is 9.78 Å². The average molecular weight is 187 g/mol. The van der Waals surface area contributed by atoms with E-state index < -0.39 is 0 Å². The van der Waals surface area contributed by atoms with Crippen molar-refractivity contribution in [1.29, 1.82) is 0 Å². The molecule has 1 heterocycles. The van der Waals surface area contributed by atoms with Gasteiger partial charge in [-0.15, -0.1) is 0 Å². The molecule has 1 unspecified atom stereocenters. The highest BCUT2D eigenvalue weighted by Gasteiger charge is 2.07. The summed E-state index contributed by atoms with van der Waals surface area (Å²) in [5, 5.41) is 4.24. The van der Waals surface area contributed by atoms with Gasteiger partial charge in [0.1, 0.15) is 0 Å². The molecule has 14 heavy (non-hydrogen) atoms. The minimum absolute atomic E-state index is 0.00212. The van der Waals surface area contributed by atoms with Crippen LogP contribution in [0.2, 0.25) is 0 Å². The molecule has 72 valence electrons. The van der Waals surface area contributed by atoms with Crippen LogP contribution in [0, 0.1) is 0 Å². The summed E-state index contributed by atoms with van der Waals surface area (Å²) >= 11 is 0. The third kappa shape index (κ3) is 1.54. The van der Waals surface area contributed by atoms with Crippen LogP contribution in [0.4, 0.5) is 0 Å². The van der Waals surface area contributed by atoms with Crippen molar-refractivity contribution >= 4 is 0 Å². The van der Waals surface area contributed by atoms with Crippen LogP contribution in [0.1, 0.15) is 18.7 Å². The summed E-state index contributed by atoms with van der Waals surface area (Å²) in [6.45, 7) is 1.95. The lowest BCUT2D eigenvalue weighted by Crippen LogP contribution is -2.11. The Balaban J connectivity index is 2.47. The van der Waals surface area contributed by atoms with Gasteiger partial charge in [-0.3, -0.25) is 0 Å². The molecule has 2 aromatic rings. The Bertz CT molecular complexity index is 403. The van der Waals surface area contributed by atoms with Gasteiger partial charge in [-0.25, -0.2) is 4.68 Å². The van der Waals surface area contributed by atoms with Gasteiger partial charge in [-0.2, -0.15) is 5.10 Å². The van der Waals surface area contributed by atoms with E-state index >= 15 is 0 Å². The van der Waals surface area contributed by atoms with Gasteiger partial charge in [0.05, 0.1) is 11.4 Å². The summed E-state index contributed by atoms with van der Waals surface area (Å²) < 4.78 is 1.87. The SMILES string of the molecule is CC(N)c1ccnn1-c1ccccc1. The van der Waals surface area contributed by atoms with Crippen molar-refractivity contribution in [3.63, 3.8) is 0 Å². The zero-order valence-electron chi connectivity index (χ0n) is 8.09. The van der Waals surface area contributed by atoms with Crippen LogP contribution >= 0.6 is 0 Å². The second-order valence-electron chi connectivity index (χ2n) is 3.29. The molecular formula is C11H13N3. The van der Waals surface area contributed by atoms with Crippen LogP contribution in [0.3, 0.4) is 0 Å². The molecule has 2 rings (SSSR count). The molecule has 2 N–H and O–H groups in total. The summed E-state index contributed by atoms with van der Waals surface area (Å²) in [5.74, 6) is 0. The van der Waals surface area contributed by atoms with Crippen molar-refractivity contribution < 1.29 is 0 Å². The Morgan fingerprint density at radius 3 is 2.57 bits per heavy atom. The van der Waals surface area contributed by atoms with Crippen molar-refractivity contribution in [3.05, 3.63) is 48.3 Å². The number of nitrogens with zero attached hydrogens (tertiary/aromatic N) is 2. The maximum Gasteiger partial charge on any atom is 0.0649 e. The summed E-state index contributed by atoms with van der Waals surface area (Å²) in [5.41, 5.74) is 7.91. The summed E-state index contributed by atoms with van der Waals surface area (Å²) in [4.78, 5) is 0. The van der Waals surface area contributed by atoms with E-state index in [4.69, 9.17) is 5.73 Å². The number of para-hydroxylation sites is 1. The first kappa shape index (κ1) is 8.97. The van der Waals surface area contributed by atoms with Crippen LogP contribution in [0.15, 0.2) is 42.6 Å². The van der Waals surface area contributed by atoms with E-state index in [0.29, 0.717) is 0 Å². The van der Waals surface area contributed by atoms with E-state index in [0.717, 1.165) is 11.4 Å². The molecule has 0 aliphatic rings. The van der Waals surface area contributed by atoms with Crippen molar-refractivity contribution in [3.8, 4) is 5.69 Å². The van der Waals surface area contributed by atoms with Gasteiger partial charge in [0.2, 0.25) is 0 Å². The van der Waals surface area contributed by atoms with Gasteiger partial charge in [0, 0.05) is 12.2 Å². The lowest BCUT2D eigenvalue weighted by Gasteiger charge is -2.09. The highest BCUT2D eigenvalue weighted by molar-refractivity contribution is 5.32. The normalized spacial score (nSPS) is 12.7. The first-order valence-electron chi connectivity index (χ1n) is 4.64. The molecule has 1 aromatic carbocycles. The number of hydrogen-bond acceptors (Lipinski definition) is 2. The van der Waals surface area contributed by atoms with E-state index in [2.05, 4.69) is 5.10 Å². The monoisotopic (exact) mass is 187 g/mol. The molecule has 0 amide bonds. The third-order valence-electron chi connectivity index (χ3n) is 2.14. The molecule has 0 aliphatic heterocycles. The molecule has 0 fully saturated rings. The first-order valence-corrected chi connectivity index (χ1v) is 4.64. The minimum atomic E-state index is -0.00212. The molecule has 0 saturated carbocycles. The Kier molecular flexibility index (Phi) is 2.33. The quantitative estimate of drug-likeness (QED) is 0.780. The van der Waals surface area contributed by atoms with Gasteiger partial charge >= 0.3 is 0 Å². The standard InChI is InChI=1S/C11H13N3/c1-9(12)11-7-8-13-14(11)10-5-3-2-4-6-10/h2-9H,12H2,1H3. The molecule has 0 bridgehead atoms. The zero-order valence-corrected chi connectivity index (χ0v) is 8.09. The average Bonchev–Trinajstić information content (AvgIpc) is 2.67. The molecule has 1 atom stereocenters. The molecular weight excluding hydrogens is 174 g/mol. The predicted octanol–water partition coefficient (Wildman–Crippen LogP) is 1.89. The van der Waals surface area contributed by atoms with Crippen molar-refractivity contribution in [2.75, 3.05) is 0 Å². The molecule has 0 radical (unpaired) electrons. The van der Waals surface area contributed by atoms with E-state index in [9.17, 15) is 0 Å². The zero-order chi connectivity index (χ0) is 9.97. The Hall–Kier alpha value is -1.61. The number of benzene rings is 1. The van der Waals surface area contributed by atoms with Crippen LogP contribution in [-0.2, 0) is 0 Å².